The molecule has 0 radical (unpaired) electrons. The molecule has 0 saturated carbocycles. The number of fused-ring (bicyclic) bond motifs is 1. The van der Waals surface area contributed by atoms with Crippen LogP contribution in [-0.2, 0) is 4.79 Å². The molecule has 1 N–H and O–H groups in total. The Morgan fingerprint density at radius 3 is 2.54 bits per heavy atom. The molecule has 0 aliphatic carbocycles. The van der Waals surface area contributed by atoms with Crippen LogP contribution >= 0.6 is 11.3 Å². The fraction of sp³-hybridized carbons (Fsp3) is 0.476. The zero-order valence-electron chi connectivity index (χ0n) is 17.3. The van der Waals surface area contributed by atoms with Crippen LogP contribution in [0.2, 0.25) is 0 Å². The highest BCUT2D eigenvalue weighted by Crippen LogP contribution is 2.46. The molecule has 6 nitrogen and oxygen atoms in total. The maximum absolute atomic E-state index is 12.6. The maximum Gasteiger partial charge on any atom is 0.407 e. The summed E-state index contributed by atoms with van der Waals surface area (Å²) >= 11 is 1.63. The predicted octanol–water partition coefficient (Wildman–Crippen LogP) is 4.74. The van der Waals surface area contributed by atoms with Crippen LogP contribution in [-0.4, -0.2) is 46.6 Å². The second kappa shape index (κ2) is 7.29. The molecule has 1 aromatic heterocycles. The lowest BCUT2D eigenvalue weighted by Gasteiger charge is -2.45. The molecule has 2 heterocycles. The number of carbonyl (C=O) groups is 2. The van der Waals surface area contributed by atoms with Crippen molar-refractivity contribution in [3.8, 4) is 10.4 Å². The molecule has 1 aromatic carbocycles. The fourth-order valence-corrected chi connectivity index (χ4v) is 5.26. The quantitative estimate of drug-likeness (QED) is 0.753. The highest BCUT2D eigenvalue weighted by molar-refractivity contribution is 7.15. The maximum atomic E-state index is 12.6. The monoisotopic (exact) mass is 402 g/mol. The average Bonchev–Trinajstić information content (AvgIpc) is 2.97. The zero-order chi connectivity index (χ0) is 20.8. The molecule has 7 heteroatoms. The minimum Gasteiger partial charge on any atom is -0.465 e. The van der Waals surface area contributed by atoms with E-state index in [4.69, 9.17) is 0 Å². The van der Waals surface area contributed by atoms with E-state index in [0.29, 0.717) is 13.0 Å². The van der Waals surface area contributed by atoms with Crippen molar-refractivity contribution in [1.82, 2.24) is 14.4 Å². The van der Waals surface area contributed by atoms with E-state index in [1.165, 1.54) is 4.90 Å². The highest BCUT2D eigenvalue weighted by atomic mass is 32.1. The molecule has 2 aromatic rings. The smallest absolute Gasteiger partial charge is 0.407 e. The van der Waals surface area contributed by atoms with Crippen LogP contribution in [0.5, 0.6) is 0 Å². The Kier molecular flexibility index (Phi) is 5.34. The van der Waals surface area contributed by atoms with Crippen molar-refractivity contribution in [1.29, 1.82) is 0 Å². The largest absolute Gasteiger partial charge is 0.465 e. The summed E-state index contributed by atoms with van der Waals surface area (Å²) in [5, 5.41) is 10.8. The van der Waals surface area contributed by atoms with Crippen molar-refractivity contribution in [2.24, 2.45) is 0 Å². The van der Waals surface area contributed by atoms with Crippen molar-refractivity contribution >= 4 is 29.0 Å². The van der Waals surface area contributed by atoms with Gasteiger partial charge in [0.15, 0.2) is 0 Å². The van der Waals surface area contributed by atoms with E-state index >= 15 is 0 Å². The van der Waals surface area contributed by atoms with E-state index in [0.717, 1.165) is 32.4 Å². The van der Waals surface area contributed by atoms with Crippen LogP contribution in [0.15, 0.2) is 18.2 Å². The molecule has 0 fully saturated rings. The third-order valence-corrected chi connectivity index (χ3v) is 7.24. The zero-order valence-corrected chi connectivity index (χ0v) is 18.1. The number of aromatic nitrogens is 1. The van der Waals surface area contributed by atoms with E-state index in [1.54, 1.807) is 18.3 Å². The molecule has 1 aliphatic heterocycles. The molecule has 0 saturated heterocycles. The SMILES string of the molecule is CCN(C(=O)O)[C@@H]1C[C@H](C)[N@+](C)(C(C)=O)c2ccc(-c3sc(C)nc3C)cc21. The van der Waals surface area contributed by atoms with Gasteiger partial charge < -0.3 is 10.0 Å². The topological polar surface area (TPSA) is 70.5 Å². The summed E-state index contributed by atoms with van der Waals surface area (Å²) in [5.41, 5.74) is 3.80. The first-order valence-corrected chi connectivity index (χ1v) is 10.4. The first-order chi connectivity index (χ1) is 13.1. The Balaban J connectivity index is 2.24. The number of carboxylic acid groups (broad SMARTS) is 1. The van der Waals surface area contributed by atoms with Gasteiger partial charge in [0.2, 0.25) is 0 Å². The lowest BCUT2D eigenvalue weighted by Crippen LogP contribution is -2.60. The van der Waals surface area contributed by atoms with Gasteiger partial charge in [-0.3, -0.25) is 0 Å². The molecule has 0 unspecified atom stereocenters. The van der Waals surface area contributed by atoms with Crippen molar-refractivity contribution < 1.29 is 14.7 Å². The van der Waals surface area contributed by atoms with Gasteiger partial charge in [-0.2, -0.15) is 0 Å². The summed E-state index contributed by atoms with van der Waals surface area (Å²) in [6.07, 6.45) is -0.326. The Bertz CT molecular complexity index is 939. The molecular formula is C21H28N3O3S+. The number of amides is 2. The van der Waals surface area contributed by atoms with E-state index < -0.39 is 6.09 Å². The molecular weight excluding hydrogens is 374 g/mol. The number of nitrogens with zero attached hydrogens (tertiary/aromatic N) is 3. The highest BCUT2D eigenvalue weighted by Gasteiger charge is 2.47. The van der Waals surface area contributed by atoms with Gasteiger partial charge >= 0.3 is 12.0 Å². The number of aryl methyl sites for hydroxylation is 2. The summed E-state index contributed by atoms with van der Waals surface area (Å²) in [7, 11) is 1.93. The van der Waals surface area contributed by atoms with Crippen molar-refractivity contribution in [3.05, 3.63) is 34.5 Å². The number of hydrogen-bond donors (Lipinski definition) is 1. The Hall–Kier alpha value is -2.25. The van der Waals surface area contributed by atoms with Gasteiger partial charge in [0.25, 0.3) is 0 Å². The average molecular weight is 403 g/mol. The molecule has 0 spiro atoms. The number of rotatable bonds is 3. The molecule has 2 amide bonds. The van der Waals surface area contributed by atoms with E-state index in [1.807, 2.05) is 46.9 Å². The van der Waals surface area contributed by atoms with Gasteiger partial charge in [-0.15, -0.1) is 11.3 Å². The lowest BCUT2D eigenvalue weighted by atomic mass is 9.87. The van der Waals surface area contributed by atoms with Crippen molar-refractivity contribution in [3.63, 3.8) is 0 Å². The Labute approximate surface area is 170 Å². The number of carbonyl (C=O) groups excluding carboxylic acids is 1. The fourth-order valence-electron chi connectivity index (χ4n) is 4.35. The van der Waals surface area contributed by atoms with Gasteiger partial charge in [-0.05, 0) is 45.4 Å². The van der Waals surface area contributed by atoms with Crippen LogP contribution in [0.3, 0.4) is 0 Å². The van der Waals surface area contributed by atoms with Crippen LogP contribution in [0.4, 0.5) is 10.5 Å². The Morgan fingerprint density at radius 2 is 2.04 bits per heavy atom. The van der Waals surface area contributed by atoms with Crippen LogP contribution in [0.25, 0.3) is 10.4 Å². The Morgan fingerprint density at radius 1 is 1.36 bits per heavy atom. The normalized spacial score (nSPS) is 23.9. The second-order valence-corrected chi connectivity index (χ2v) is 8.89. The van der Waals surface area contributed by atoms with E-state index in [-0.39, 0.29) is 22.5 Å². The predicted molar refractivity (Wildman–Crippen MR) is 113 cm³/mol. The summed E-state index contributed by atoms with van der Waals surface area (Å²) in [4.78, 5) is 31.6. The van der Waals surface area contributed by atoms with Gasteiger partial charge in [0.1, 0.15) is 5.69 Å². The second-order valence-electron chi connectivity index (χ2n) is 7.68. The van der Waals surface area contributed by atoms with Gasteiger partial charge in [-0.1, -0.05) is 0 Å². The van der Waals surface area contributed by atoms with Gasteiger partial charge in [0.05, 0.1) is 41.6 Å². The minimum atomic E-state index is -0.931. The standard InChI is InChI=1S/C21H27N3O3S/c1-7-23(21(26)27)18-10-12(2)24(6,15(5)25)19-9-8-16(11-17(18)19)20-13(3)22-14(4)28-20/h8-9,11-12,18H,7,10H2,1-6H3/p+1/t12-,18+,24+/m0/s1. The number of hydrogen-bond acceptors (Lipinski definition) is 4. The van der Waals surface area contributed by atoms with Crippen LogP contribution < -0.4 is 4.48 Å². The molecule has 3 atom stereocenters. The molecule has 3 rings (SSSR count). The minimum absolute atomic E-state index is 0.0124. The van der Waals surface area contributed by atoms with Gasteiger partial charge in [-0.25, -0.2) is 19.1 Å². The third kappa shape index (κ3) is 3.12. The first kappa shape index (κ1) is 20.5. The van der Waals surface area contributed by atoms with E-state index in [2.05, 4.69) is 11.1 Å². The lowest BCUT2D eigenvalue weighted by molar-refractivity contribution is -0.129. The molecule has 0 bridgehead atoms. The van der Waals surface area contributed by atoms with Crippen molar-refractivity contribution in [2.75, 3.05) is 13.6 Å². The van der Waals surface area contributed by atoms with Crippen LogP contribution in [0.1, 0.15) is 49.5 Å². The van der Waals surface area contributed by atoms with E-state index in [9.17, 15) is 14.7 Å². The summed E-state index contributed by atoms with van der Waals surface area (Å²) in [6.45, 7) is 9.86. The third-order valence-electron chi connectivity index (χ3n) is 6.12. The van der Waals surface area contributed by atoms with Gasteiger partial charge in [0, 0.05) is 24.6 Å². The molecule has 1 aliphatic rings. The summed E-state index contributed by atoms with van der Waals surface area (Å²) < 4.78 is 0.185. The molecule has 28 heavy (non-hydrogen) atoms. The van der Waals surface area contributed by atoms with Crippen LogP contribution in [0, 0.1) is 13.8 Å². The number of thiazole rings is 1. The van der Waals surface area contributed by atoms with Crippen molar-refractivity contribution in [2.45, 2.75) is 53.1 Å². The number of benzene rings is 1. The number of quaternary nitrogens is 1. The summed E-state index contributed by atoms with van der Waals surface area (Å²) in [6, 6.07) is 5.81. The summed E-state index contributed by atoms with van der Waals surface area (Å²) in [5.74, 6) is 0.0585. The molecule has 150 valence electrons. The first-order valence-electron chi connectivity index (χ1n) is 9.57.